The average Bonchev–Trinajstić information content (AvgIpc) is 2.47. The third-order valence-corrected chi connectivity index (χ3v) is 4.48. The lowest BCUT2D eigenvalue weighted by molar-refractivity contribution is -0.136. The van der Waals surface area contributed by atoms with Crippen molar-refractivity contribution >= 4 is 21.9 Å². The minimum Gasteiger partial charge on any atom is -0.481 e. The molecule has 2 rings (SSSR count). The molecule has 0 saturated carbocycles. The van der Waals surface area contributed by atoms with Gasteiger partial charge in [-0.1, -0.05) is 48.8 Å². The number of carbonyl (C=O) groups excluding carboxylic acids is 1. The predicted octanol–water partition coefficient (Wildman–Crippen LogP) is 5.66. The summed E-state index contributed by atoms with van der Waals surface area (Å²) in [5.74, 6) is 0.888. The van der Waals surface area contributed by atoms with Crippen LogP contribution in [-0.4, -0.2) is 12.6 Å². The summed E-state index contributed by atoms with van der Waals surface area (Å²) in [6.45, 7) is 12.2. The van der Waals surface area contributed by atoms with Gasteiger partial charge in [0.1, 0.15) is 11.5 Å². The topological polar surface area (TPSA) is 35.5 Å². The largest absolute Gasteiger partial charge is 0.481 e. The van der Waals surface area contributed by atoms with Gasteiger partial charge in [0.2, 0.25) is 0 Å². The van der Waals surface area contributed by atoms with Crippen LogP contribution in [0, 0.1) is 20.8 Å². The molecule has 0 bridgehead atoms. The van der Waals surface area contributed by atoms with Crippen molar-refractivity contribution < 1.29 is 14.3 Å². The summed E-state index contributed by atoms with van der Waals surface area (Å²) in [5.41, 5.74) is 4.17. The minimum absolute atomic E-state index is 0.0625. The standard InChI is InChI=1S/C21H25BrO3/c1-13-9-16(21(4,5)6)7-8-18(13)25-19(23)12-24-20-14(2)10-17(22)11-15(20)3/h7-11H,12H2,1-6H3. The molecule has 2 aromatic carbocycles. The van der Waals surface area contributed by atoms with Crippen molar-refractivity contribution in [3.8, 4) is 11.5 Å². The van der Waals surface area contributed by atoms with Gasteiger partial charge in [-0.15, -0.1) is 0 Å². The number of halogens is 1. The van der Waals surface area contributed by atoms with Gasteiger partial charge < -0.3 is 9.47 Å². The molecule has 0 aliphatic rings. The molecule has 0 atom stereocenters. The quantitative estimate of drug-likeness (QED) is 0.487. The van der Waals surface area contributed by atoms with Crippen LogP contribution in [0.25, 0.3) is 0 Å². The summed E-state index contributed by atoms with van der Waals surface area (Å²) in [6.07, 6.45) is 0. The Hall–Kier alpha value is -1.81. The van der Waals surface area contributed by atoms with E-state index in [1.807, 2.05) is 45.0 Å². The van der Waals surface area contributed by atoms with Gasteiger partial charge in [-0.25, -0.2) is 4.79 Å². The molecule has 134 valence electrons. The third kappa shape index (κ3) is 5.08. The second-order valence-electron chi connectivity index (χ2n) is 7.36. The van der Waals surface area contributed by atoms with E-state index in [2.05, 4.69) is 42.8 Å². The zero-order chi connectivity index (χ0) is 18.8. The van der Waals surface area contributed by atoms with E-state index in [0.717, 1.165) is 26.9 Å². The Labute approximate surface area is 158 Å². The summed E-state index contributed by atoms with van der Waals surface area (Å²) in [6, 6.07) is 9.84. The van der Waals surface area contributed by atoms with Gasteiger partial charge in [-0.2, -0.15) is 0 Å². The molecule has 0 aliphatic carbocycles. The van der Waals surface area contributed by atoms with Crippen LogP contribution in [0.1, 0.15) is 43.0 Å². The molecule has 0 spiro atoms. The Balaban J connectivity index is 2.04. The Kier molecular flexibility index (Phi) is 5.94. The van der Waals surface area contributed by atoms with E-state index < -0.39 is 5.97 Å². The number of carbonyl (C=O) groups is 1. The van der Waals surface area contributed by atoms with Crippen LogP contribution in [0.2, 0.25) is 0 Å². The molecule has 3 nitrogen and oxygen atoms in total. The van der Waals surface area contributed by atoms with Gasteiger partial charge in [0.05, 0.1) is 0 Å². The first-order valence-electron chi connectivity index (χ1n) is 8.29. The van der Waals surface area contributed by atoms with Crippen molar-refractivity contribution in [1.29, 1.82) is 0 Å². The van der Waals surface area contributed by atoms with Crippen LogP contribution in [-0.2, 0) is 10.2 Å². The zero-order valence-electron chi connectivity index (χ0n) is 15.7. The van der Waals surface area contributed by atoms with E-state index in [1.165, 1.54) is 5.56 Å². The van der Waals surface area contributed by atoms with Crippen LogP contribution in [0.3, 0.4) is 0 Å². The Morgan fingerprint density at radius 2 is 1.60 bits per heavy atom. The fourth-order valence-corrected chi connectivity index (χ4v) is 3.33. The van der Waals surface area contributed by atoms with Crippen molar-refractivity contribution in [3.63, 3.8) is 0 Å². The maximum atomic E-state index is 12.2. The van der Waals surface area contributed by atoms with E-state index >= 15 is 0 Å². The van der Waals surface area contributed by atoms with Crippen LogP contribution in [0.15, 0.2) is 34.8 Å². The van der Waals surface area contributed by atoms with Crippen molar-refractivity contribution in [2.24, 2.45) is 0 Å². The first-order valence-corrected chi connectivity index (χ1v) is 9.08. The molecule has 0 aromatic heterocycles. The van der Waals surface area contributed by atoms with E-state index in [4.69, 9.17) is 9.47 Å². The highest BCUT2D eigenvalue weighted by atomic mass is 79.9. The number of benzene rings is 2. The second-order valence-corrected chi connectivity index (χ2v) is 8.28. The molecule has 0 amide bonds. The van der Waals surface area contributed by atoms with Crippen LogP contribution < -0.4 is 9.47 Å². The number of aryl methyl sites for hydroxylation is 3. The molecule has 0 aliphatic heterocycles. The SMILES string of the molecule is Cc1cc(C(C)(C)C)ccc1OC(=O)COc1c(C)cc(Br)cc1C. The number of hydrogen-bond acceptors (Lipinski definition) is 3. The van der Waals surface area contributed by atoms with Crippen LogP contribution >= 0.6 is 15.9 Å². The highest BCUT2D eigenvalue weighted by Gasteiger charge is 2.16. The van der Waals surface area contributed by atoms with Gasteiger partial charge in [0, 0.05) is 4.47 Å². The van der Waals surface area contributed by atoms with Crippen LogP contribution in [0.5, 0.6) is 11.5 Å². The predicted molar refractivity (Wildman–Crippen MR) is 105 cm³/mol. The van der Waals surface area contributed by atoms with Gasteiger partial charge >= 0.3 is 5.97 Å². The summed E-state index contributed by atoms with van der Waals surface area (Å²) < 4.78 is 12.1. The van der Waals surface area contributed by atoms with Crippen LogP contribution in [0.4, 0.5) is 0 Å². The zero-order valence-corrected chi connectivity index (χ0v) is 17.3. The van der Waals surface area contributed by atoms with Crippen molar-refractivity contribution in [2.75, 3.05) is 6.61 Å². The van der Waals surface area contributed by atoms with Gasteiger partial charge in [-0.05, 0) is 66.6 Å². The Bertz CT molecular complexity index is 765. The Morgan fingerprint density at radius 3 is 2.12 bits per heavy atom. The number of esters is 1. The molecule has 4 heteroatoms. The molecule has 0 heterocycles. The van der Waals surface area contributed by atoms with E-state index in [0.29, 0.717) is 5.75 Å². The Morgan fingerprint density at radius 1 is 1.00 bits per heavy atom. The molecular weight excluding hydrogens is 380 g/mol. The average molecular weight is 405 g/mol. The van der Waals surface area contributed by atoms with Crippen molar-refractivity contribution in [3.05, 3.63) is 57.1 Å². The summed E-state index contributed by atoms with van der Waals surface area (Å²) in [4.78, 5) is 12.2. The first-order chi connectivity index (χ1) is 11.6. The highest BCUT2D eigenvalue weighted by Crippen LogP contribution is 2.29. The molecule has 2 aromatic rings. The summed E-state index contributed by atoms with van der Waals surface area (Å²) in [5, 5.41) is 0. The molecule has 0 saturated heterocycles. The third-order valence-electron chi connectivity index (χ3n) is 4.02. The van der Waals surface area contributed by atoms with Crippen molar-refractivity contribution in [2.45, 2.75) is 47.0 Å². The number of rotatable bonds is 4. The lowest BCUT2D eigenvalue weighted by Crippen LogP contribution is -2.19. The lowest BCUT2D eigenvalue weighted by Gasteiger charge is -2.20. The molecule has 0 radical (unpaired) electrons. The normalized spacial score (nSPS) is 11.3. The smallest absolute Gasteiger partial charge is 0.349 e. The number of hydrogen-bond donors (Lipinski definition) is 0. The van der Waals surface area contributed by atoms with Gasteiger partial charge in [-0.3, -0.25) is 0 Å². The van der Waals surface area contributed by atoms with Gasteiger partial charge in [0.15, 0.2) is 6.61 Å². The van der Waals surface area contributed by atoms with Crippen molar-refractivity contribution in [1.82, 2.24) is 0 Å². The lowest BCUT2D eigenvalue weighted by atomic mass is 9.86. The molecule has 25 heavy (non-hydrogen) atoms. The fraction of sp³-hybridized carbons (Fsp3) is 0.381. The fourth-order valence-electron chi connectivity index (χ4n) is 2.64. The van der Waals surface area contributed by atoms with E-state index in [1.54, 1.807) is 0 Å². The summed E-state index contributed by atoms with van der Waals surface area (Å²) in [7, 11) is 0. The first kappa shape index (κ1) is 19.5. The minimum atomic E-state index is -0.409. The second kappa shape index (κ2) is 7.61. The monoisotopic (exact) mass is 404 g/mol. The van der Waals surface area contributed by atoms with E-state index in [-0.39, 0.29) is 12.0 Å². The summed E-state index contributed by atoms with van der Waals surface area (Å²) >= 11 is 3.45. The maximum Gasteiger partial charge on any atom is 0.349 e. The molecular formula is C21H25BrO3. The molecule has 0 fully saturated rings. The highest BCUT2D eigenvalue weighted by molar-refractivity contribution is 9.10. The molecule has 0 N–H and O–H groups in total. The van der Waals surface area contributed by atoms with Gasteiger partial charge in [0.25, 0.3) is 0 Å². The van der Waals surface area contributed by atoms with E-state index in [9.17, 15) is 4.79 Å². The number of ether oxygens (including phenoxy) is 2. The maximum absolute atomic E-state index is 12.2. The molecule has 0 unspecified atom stereocenters.